The van der Waals surface area contributed by atoms with Crippen LogP contribution in [0.3, 0.4) is 0 Å². The Morgan fingerprint density at radius 1 is 1.42 bits per heavy atom. The maximum Gasteiger partial charge on any atom is 0.258 e. The molecule has 98 valence electrons. The van der Waals surface area contributed by atoms with Crippen LogP contribution in [0.5, 0.6) is 0 Å². The molecule has 0 unspecified atom stereocenters. The van der Waals surface area contributed by atoms with Crippen molar-refractivity contribution in [3.05, 3.63) is 53.1 Å². The van der Waals surface area contributed by atoms with Gasteiger partial charge in [-0.1, -0.05) is 11.6 Å². The van der Waals surface area contributed by atoms with Crippen molar-refractivity contribution in [2.24, 2.45) is 0 Å². The minimum absolute atomic E-state index is 0.0253. The van der Waals surface area contributed by atoms with Crippen molar-refractivity contribution in [3.63, 3.8) is 0 Å². The molecule has 0 spiro atoms. The molecule has 0 fully saturated rings. The molecule has 0 radical (unpaired) electrons. The molecule has 0 saturated heterocycles. The average Bonchev–Trinajstić information content (AvgIpc) is 2.41. The molecule has 6 heteroatoms. The fraction of sp³-hybridized carbons (Fsp3) is 0.0769. The van der Waals surface area contributed by atoms with Gasteiger partial charge in [0.05, 0.1) is 22.6 Å². The number of nitrogens with zero attached hydrogens (tertiary/aromatic N) is 2. The molecular weight excluding hydrogens is 269 g/mol. The number of aromatic nitrogens is 1. The number of halogens is 2. The van der Waals surface area contributed by atoms with Crippen LogP contribution in [0.1, 0.15) is 10.4 Å². The molecule has 1 amide bonds. The smallest absolute Gasteiger partial charge is 0.258 e. The Balaban J connectivity index is 2.34. The van der Waals surface area contributed by atoms with Crippen LogP contribution >= 0.6 is 11.6 Å². The van der Waals surface area contributed by atoms with Gasteiger partial charge in [-0.05, 0) is 24.3 Å². The highest BCUT2D eigenvalue weighted by atomic mass is 35.5. The van der Waals surface area contributed by atoms with E-state index in [-0.39, 0.29) is 16.5 Å². The average molecular weight is 280 g/mol. The summed E-state index contributed by atoms with van der Waals surface area (Å²) in [6.45, 7) is 0. The minimum atomic E-state index is -0.636. The molecule has 0 bridgehead atoms. The standard InChI is InChI=1S/C13H11ClFN3O/c1-18(12-4-5-17-7-11(12)16)13(19)8-2-3-9(14)10(15)6-8/h2-7H,16H2,1H3. The maximum absolute atomic E-state index is 13.3. The van der Waals surface area contributed by atoms with E-state index in [0.29, 0.717) is 11.4 Å². The Bertz CT molecular complexity index is 633. The maximum atomic E-state index is 13.3. The Kier molecular flexibility index (Phi) is 3.66. The second kappa shape index (κ2) is 5.24. The number of carbonyl (C=O) groups is 1. The third-order valence-corrected chi connectivity index (χ3v) is 2.97. The molecule has 1 heterocycles. The summed E-state index contributed by atoms with van der Waals surface area (Å²) < 4.78 is 13.3. The summed E-state index contributed by atoms with van der Waals surface area (Å²) in [5.74, 6) is -1.02. The van der Waals surface area contributed by atoms with Gasteiger partial charge in [-0.25, -0.2) is 4.39 Å². The quantitative estimate of drug-likeness (QED) is 0.919. The largest absolute Gasteiger partial charge is 0.396 e. The molecule has 0 aliphatic heterocycles. The zero-order valence-electron chi connectivity index (χ0n) is 10.1. The van der Waals surface area contributed by atoms with Crippen LogP contribution in [0.25, 0.3) is 0 Å². The molecular formula is C13H11ClFN3O. The van der Waals surface area contributed by atoms with E-state index in [9.17, 15) is 9.18 Å². The summed E-state index contributed by atoms with van der Waals surface area (Å²) in [5, 5.41) is -0.0253. The first kappa shape index (κ1) is 13.3. The van der Waals surface area contributed by atoms with E-state index >= 15 is 0 Å². The van der Waals surface area contributed by atoms with Gasteiger partial charge in [-0.2, -0.15) is 0 Å². The monoisotopic (exact) mass is 279 g/mol. The summed E-state index contributed by atoms with van der Waals surface area (Å²) in [5.41, 5.74) is 6.81. The number of rotatable bonds is 2. The number of hydrogen-bond acceptors (Lipinski definition) is 3. The zero-order valence-corrected chi connectivity index (χ0v) is 10.9. The molecule has 2 aromatic rings. The van der Waals surface area contributed by atoms with Crippen LogP contribution in [0, 0.1) is 5.82 Å². The predicted octanol–water partition coefficient (Wildman–Crippen LogP) is 2.73. The van der Waals surface area contributed by atoms with Crippen LogP contribution in [-0.4, -0.2) is 17.9 Å². The number of nitrogen functional groups attached to an aromatic ring is 1. The molecule has 2 rings (SSSR count). The van der Waals surface area contributed by atoms with Crippen LogP contribution in [-0.2, 0) is 0 Å². The lowest BCUT2D eigenvalue weighted by Gasteiger charge is -2.18. The van der Waals surface area contributed by atoms with Gasteiger partial charge in [0.2, 0.25) is 0 Å². The third-order valence-electron chi connectivity index (χ3n) is 2.66. The Morgan fingerprint density at radius 2 is 2.16 bits per heavy atom. The highest BCUT2D eigenvalue weighted by Crippen LogP contribution is 2.23. The normalized spacial score (nSPS) is 10.3. The van der Waals surface area contributed by atoms with Gasteiger partial charge in [0, 0.05) is 18.8 Å². The van der Waals surface area contributed by atoms with Crippen molar-refractivity contribution in [1.82, 2.24) is 4.98 Å². The lowest BCUT2D eigenvalue weighted by Crippen LogP contribution is -2.27. The number of anilines is 2. The molecule has 1 aromatic carbocycles. The zero-order chi connectivity index (χ0) is 14.0. The summed E-state index contributed by atoms with van der Waals surface area (Å²) in [4.78, 5) is 17.4. The topological polar surface area (TPSA) is 59.2 Å². The third kappa shape index (κ3) is 2.66. The van der Waals surface area contributed by atoms with Crippen molar-refractivity contribution in [2.45, 2.75) is 0 Å². The molecule has 0 aliphatic carbocycles. The van der Waals surface area contributed by atoms with Gasteiger partial charge in [-0.15, -0.1) is 0 Å². The molecule has 0 atom stereocenters. The number of benzene rings is 1. The molecule has 0 saturated carbocycles. The Labute approximate surface area is 114 Å². The Morgan fingerprint density at radius 3 is 2.79 bits per heavy atom. The second-order valence-electron chi connectivity index (χ2n) is 3.93. The fourth-order valence-electron chi connectivity index (χ4n) is 1.64. The van der Waals surface area contributed by atoms with E-state index in [1.54, 1.807) is 13.1 Å². The van der Waals surface area contributed by atoms with Crippen LogP contribution in [0.4, 0.5) is 15.8 Å². The van der Waals surface area contributed by atoms with E-state index in [1.807, 2.05) is 0 Å². The van der Waals surface area contributed by atoms with E-state index in [4.69, 9.17) is 17.3 Å². The highest BCUT2D eigenvalue weighted by Gasteiger charge is 2.16. The van der Waals surface area contributed by atoms with Gasteiger partial charge in [-0.3, -0.25) is 9.78 Å². The van der Waals surface area contributed by atoms with Crippen molar-refractivity contribution >= 4 is 28.9 Å². The molecule has 1 aromatic heterocycles. The minimum Gasteiger partial charge on any atom is -0.396 e. The number of hydrogen-bond donors (Lipinski definition) is 1. The summed E-state index contributed by atoms with van der Waals surface area (Å²) >= 11 is 5.58. The van der Waals surface area contributed by atoms with E-state index < -0.39 is 5.82 Å². The lowest BCUT2D eigenvalue weighted by molar-refractivity contribution is 0.0992. The number of pyridine rings is 1. The highest BCUT2D eigenvalue weighted by molar-refractivity contribution is 6.30. The number of carbonyl (C=O) groups excluding carboxylic acids is 1. The van der Waals surface area contributed by atoms with Gasteiger partial charge in [0.1, 0.15) is 5.82 Å². The van der Waals surface area contributed by atoms with Crippen LogP contribution < -0.4 is 10.6 Å². The van der Waals surface area contributed by atoms with E-state index in [2.05, 4.69) is 4.98 Å². The van der Waals surface area contributed by atoms with Gasteiger partial charge < -0.3 is 10.6 Å². The van der Waals surface area contributed by atoms with Gasteiger partial charge >= 0.3 is 0 Å². The van der Waals surface area contributed by atoms with Crippen LogP contribution in [0.2, 0.25) is 5.02 Å². The molecule has 0 aliphatic rings. The predicted molar refractivity (Wildman–Crippen MR) is 72.8 cm³/mol. The second-order valence-corrected chi connectivity index (χ2v) is 4.33. The first-order valence-electron chi connectivity index (χ1n) is 5.43. The van der Waals surface area contributed by atoms with Crippen molar-refractivity contribution in [3.8, 4) is 0 Å². The summed E-state index contributed by atoms with van der Waals surface area (Å²) in [7, 11) is 1.56. The van der Waals surface area contributed by atoms with Crippen molar-refractivity contribution in [1.29, 1.82) is 0 Å². The van der Waals surface area contributed by atoms with Crippen molar-refractivity contribution in [2.75, 3.05) is 17.7 Å². The number of nitrogens with two attached hydrogens (primary N) is 1. The van der Waals surface area contributed by atoms with E-state index in [0.717, 1.165) is 6.07 Å². The number of amides is 1. The first-order chi connectivity index (χ1) is 9.00. The molecule has 19 heavy (non-hydrogen) atoms. The van der Waals surface area contributed by atoms with Gasteiger partial charge in [0.25, 0.3) is 5.91 Å². The van der Waals surface area contributed by atoms with E-state index in [1.165, 1.54) is 29.4 Å². The Hall–Kier alpha value is -2.14. The van der Waals surface area contributed by atoms with Gasteiger partial charge in [0.15, 0.2) is 0 Å². The first-order valence-corrected chi connectivity index (χ1v) is 5.81. The van der Waals surface area contributed by atoms with Crippen molar-refractivity contribution < 1.29 is 9.18 Å². The summed E-state index contributed by atoms with van der Waals surface area (Å²) in [6, 6.07) is 5.51. The molecule has 2 N–H and O–H groups in total. The summed E-state index contributed by atoms with van der Waals surface area (Å²) in [6.07, 6.45) is 2.97. The SMILES string of the molecule is CN(C(=O)c1ccc(Cl)c(F)c1)c1ccncc1N. The molecule has 4 nitrogen and oxygen atoms in total. The lowest BCUT2D eigenvalue weighted by atomic mass is 10.2. The fourth-order valence-corrected chi connectivity index (χ4v) is 1.75. The van der Waals surface area contributed by atoms with Crippen LogP contribution in [0.15, 0.2) is 36.7 Å².